The molecule has 0 spiro atoms. The van der Waals surface area contributed by atoms with Crippen LogP contribution in [0.15, 0.2) is 0 Å². The lowest BCUT2D eigenvalue weighted by Crippen LogP contribution is -2.06. The van der Waals surface area contributed by atoms with Crippen LogP contribution in [-0.4, -0.2) is 5.75 Å². The zero-order chi connectivity index (χ0) is 5.33. The van der Waals surface area contributed by atoms with E-state index in [1.807, 2.05) is 0 Å². The van der Waals surface area contributed by atoms with Crippen molar-refractivity contribution in [3.05, 3.63) is 0 Å². The molecule has 1 heteroatoms. The molecule has 0 saturated carbocycles. The van der Waals surface area contributed by atoms with Crippen LogP contribution in [0.3, 0.4) is 0 Å². The number of thioether (sulfide) groups is 1. The van der Waals surface area contributed by atoms with Crippen LogP contribution in [0.2, 0.25) is 0 Å². The van der Waals surface area contributed by atoms with Crippen molar-refractivity contribution in [3.8, 4) is 11.2 Å². The second-order valence-corrected chi connectivity index (χ2v) is 3.18. The molecule has 1 rings (SSSR count). The molecule has 0 aromatic rings. The van der Waals surface area contributed by atoms with Gasteiger partial charge in [-0.05, 0) is 19.1 Å². The summed E-state index contributed by atoms with van der Waals surface area (Å²) in [7, 11) is 0. The normalized spacial score (nSPS) is 23.7. The van der Waals surface area contributed by atoms with Crippen molar-refractivity contribution >= 4 is 11.8 Å². The van der Waals surface area contributed by atoms with Gasteiger partial charge in [0, 0.05) is 11.2 Å². The average Bonchev–Trinajstić information content (AvgIpc) is 1.84. The third kappa shape index (κ3) is 1.14. The fourth-order valence-corrected chi connectivity index (χ4v) is 1.28. The van der Waals surface area contributed by atoms with Crippen molar-refractivity contribution in [2.75, 3.05) is 5.75 Å². The first-order valence-electron chi connectivity index (χ1n) is 2.35. The van der Waals surface area contributed by atoms with Gasteiger partial charge in [-0.3, -0.25) is 0 Å². The van der Waals surface area contributed by atoms with Crippen molar-refractivity contribution in [1.82, 2.24) is 0 Å². The highest BCUT2D eigenvalue weighted by Crippen LogP contribution is 2.24. The summed E-state index contributed by atoms with van der Waals surface area (Å²) in [5, 5.41) is 2.98. The molecule has 0 amide bonds. The molecule has 38 valence electrons. The maximum absolute atomic E-state index is 3.11. The molecule has 0 fully saturated rings. The quantitative estimate of drug-likeness (QED) is 0.430. The first kappa shape index (κ1) is 5.05. The summed E-state index contributed by atoms with van der Waals surface area (Å²) in [5.74, 6) is 4.25. The maximum Gasteiger partial charge on any atom is 0.0367 e. The van der Waals surface area contributed by atoms with Crippen LogP contribution < -0.4 is 0 Å². The second kappa shape index (κ2) is 1.45. The van der Waals surface area contributed by atoms with Gasteiger partial charge in [0.2, 0.25) is 0 Å². The highest BCUT2D eigenvalue weighted by molar-refractivity contribution is 8.04. The molecule has 1 heterocycles. The SMILES string of the molecule is CC1(C)C#CSC1. The van der Waals surface area contributed by atoms with Gasteiger partial charge in [0.05, 0.1) is 0 Å². The third-order valence-electron chi connectivity index (χ3n) is 0.895. The minimum atomic E-state index is 0.296. The van der Waals surface area contributed by atoms with Gasteiger partial charge in [0.15, 0.2) is 0 Å². The van der Waals surface area contributed by atoms with Gasteiger partial charge in [0.25, 0.3) is 0 Å². The molecule has 0 aromatic carbocycles. The third-order valence-corrected chi connectivity index (χ3v) is 2.01. The summed E-state index contributed by atoms with van der Waals surface area (Å²) >= 11 is 1.72. The first-order valence-corrected chi connectivity index (χ1v) is 3.33. The summed E-state index contributed by atoms with van der Waals surface area (Å²) in [5.41, 5.74) is 0.296. The van der Waals surface area contributed by atoms with Gasteiger partial charge >= 0.3 is 0 Å². The summed E-state index contributed by atoms with van der Waals surface area (Å²) in [6.07, 6.45) is 0. The van der Waals surface area contributed by atoms with Gasteiger partial charge in [-0.25, -0.2) is 0 Å². The van der Waals surface area contributed by atoms with Crippen molar-refractivity contribution in [2.24, 2.45) is 5.41 Å². The molecular weight excluding hydrogens is 104 g/mol. The largest absolute Gasteiger partial charge is 0.0841 e. The lowest BCUT2D eigenvalue weighted by atomic mass is 9.99. The molecule has 0 aliphatic carbocycles. The van der Waals surface area contributed by atoms with E-state index >= 15 is 0 Å². The molecule has 1 aliphatic rings. The molecule has 0 unspecified atom stereocenters. The molecule has 0 saturated heterocycles. The van der Waals surface area contributed by atoms with Crippen molar-refractivity contribution in [3.63, 3.8) is 0 Å². The topological polar surface area (TPSA) is 0 Å². The van der Waals surface area contributed by atoms with E-state index in [9.17, 15) is 0 Å². The van der Waals surface area contributed by atoms with E-state index in [-0.39, 0.29) is 0 Å². The van der Waals surface area contributed by atoms with Gasteiger partial charge in [0.1, 0.15) is 0 Å². The summed E-state index contributed by atoms with van der Waals surface area (Å²) in [4.78, 5) is 0. The molecule has 0 atom stereocenters. The Morgan fingerprint density at radius 3 is 2.43 bits per heavy atom. The molecule has 0 aromatic heterocycles. The van der Waals surface area contributed by atoms with Crippen LogP contribution in [0.4, 0.5) is 0 Å². The predicted octanol–water partition coefficient (Wildman–Crippen LogP) is 1.72. The average molecular weight is 112 g/mol. The van der Waals surface area contributed by atoms with E-state index in [0.29, 0.717) is 5.41 Å². The lowest BCUT2D eigenvalue weighted by molar-refractivity contribution is 0.589. The van der Waals surface area contributed by atoms with Gasteiger partial charge in [-0.2, -0.15) is 0 Å². The molecule has 1 aliphatic heterocycles. The Bertz CT molecular complexity index is 125. The molecule has 0 N–H and O–H groups in total. The highest BCUT2D eigenvalue weighted by atomic mass is 32.2. The van der Waals surface area contributed by atoms with E-state index < -0.39 is 0 Å². The van der Waals surface area contributed by atoms with E-state index in [4.69, 9.17) is 0 Å². The van der Waals surface area contributed by atoms with E-state index in [1.54, 1.807) is 11.8 Å². The zero-order valence-corrected chi connectivity index (χ0v) is 5.43. The van der Waals surface area contributed by atoms with E-state index in [0.717, 1.165) is 5.75 Å². The summed E-state index contributed by atoms with van der Waals surface area (Å²) < 4.78 is 0. The minimum Gasteiger partial charge on any atom is -0.0841 e. The second-order valence-electron chi connectivity index (χ2n) is 2.40. The maximum atomic E-state index is 3.11. The Balaban J connectivity index is 2.64. The monoisotopic (exact) mass is 112 g/mol. The van der Waals surface area contributed by atoms with E-state index in [2.05, 4.69) is 25.0 Å². The molecule has 0 nitrogen and oxygen atoms in total. The smallest absolute Gasteiger partial charge is 0.0367 e. The lowest BCUT2D eigenvalue weighted by Gasteiger charge is -2.08. The highest BCUT2D eigenvalue weighted by Gasteiger charge is 2.16. The van der Waals surface area contributed by atoms with Crippen molar-refractivity contribution in [2.45, 2.75) is 13.8 Å². The van der Waals surface area contributed by atoms with Crippen LogP contribution >= 0.6 is 11.8 Å². The Morgan fingerprint density at radius 1 is 1.57 bits per heavy atom. The standard InChI is InChI=1S/C6H8S/c1-6(2)3-4-7-5-6/h5H2,1-2H3. The molecule has 0 radical (unpaired) electrons. The summed E-state index contributed by atoms with van der Waals surface area (Å²) in [6, 6.07) is 0. The number of hydrogen-bond acceptors (Lipinski definition) is 1. The zero-order valence-electron chi connectivity index (χ0n) is 4.62. The Labute approximate surface area is 48.7 Å². The number of rotatable bonds is 0. The van der Waals surface area contributed by atoms with Crippen LogP contribution in [0.5, 0.6) is 0 Å². The van der Waals surface area contributed by atoms with Crippen LogP contribution in [0.1, 0.15) is 13.8 Å². The molecular formula is C6H8S. The van der Waals surface area contributed by atoms with Crippen LogP contribution in [-0.2, 0) is 0 Å². The van der Waals surface area contributed by atoms with Gasteiger partial charge in [-0.15, -0.1) is 0 Å². The Hall–Kier alpha value is -0.0900. The minimum absolute atomic E-state index is 0.296. The Kier molecular flexibility index (Phi) is 1.05. The molecule has 0 bridgehead atoms. The van der Waals surface area contributed by atoms with Crippen LogP contribution in [0.25, 0.3) is 0 Å². The summed E-state index contributed by atoms with van der Waals surface area (Å²) in [6.45, 7) is 4.33. The fourth-order valence-electron chi connectivity index (χ4n) is 0.427. The van der Waals surface area contributed by atoms with E-state index in [1.165, 1.54) is 0 Å². The van der Waals surface area contributed by atoms with Gasteiger partial charge in [-0.1, -0.05) is 17.7 Å². The Morgan fingerprint density at radius 2 is 2.29 bits per heavy atom. The van der Waals surface area contributed by atoms with Gasteiger partial charge < -0.3 is 0 Å². The first-order chi connectivity index (χ1) is 3.21. The fraction of sp³-hybridized carbons (Fsp3) is 0.667. The van der Waals surface area contributed by atoms with Crippen molar-refractivity contribution < 1.29 is 0 Å². The number of hydrogen-bond donors (Lipinski definition) is 0. The van der Waals surface area contributed by atoms with Crippen LogP contribution in [0, 0.1) is 16.6 Å². The van der Waals surface area contributed by atoms with Crippen molar-refractivity contribution in [1.29, 1.82) is 0 Å². The predicted molar refractivity (Wildman–Crippen MR) is 34.0 cm³/mol. The molecule has 7 heavy (non-hydrogen) atoms.